The number of anilines is 1. The van der Waals surface area contributed by atoms with Gasteiger partial charge in [0.05, 0.1) is 17.9 Å². The van der Waals surface area contributed by atoms with Crippen LogP contribution in [0.25, 0.3) is 11.0 Å². The van der Waals surface area contributed by atoms with Crippen molar-refractivity contribution in [2.24, 2.45) is 7.05 Å². The minimum Gasteiger partial charge on any atom is -0.387 e. The molecule has 0 radical (unpaired) electrons. The maximum absolute atomic E-state index is 10.0. The van der Waals surface area contributed by atoms with Crippen molar-refractivity contribution < 1.29 is 5.11 Å². The number of pyridine rings is 1. The number of aliphatic hydroxyl groups is 1. The summed E-state index contributed by atoms with van der Waals surface area (Å²) in [6, 6.07) is 3.84. The van der Waals surface area contributed by atoms with Crippen LogP contribution in [0.1, 0.15) is 11.7 Å². The largest absolute Gasteiger partial charge is 0.387 e. The summed E-state index contributed by atoms with van der Waals surface area (Å²) in [5, 5.41) is 17.1. The number of nitrogens with zero attached hydrogens (tertiary/aromatic N) is 3. The van der Waals surface area contributed by atoms with E-state index in [4.69, 9.17) is 0 Å². The van der Waals surface area contributed by atoms with E-state index in [-0.39, 0.29) is 0 Å². The third-order valence-corrected chi connectivity index (χ3v) is 3.74. The second kappa shape index (κ2) is 4.99. The second-order valence-electron chi connectivity index (χ2n) is 4.34. The van der Waals surface area contributed by atoms with Crippen LogP contribution in [0.3, 0.4) is 0 Å². The summed E-state index contributed by atoms with van der Waals surface area (Å²) in [5.74, 6) is 0.701. The number of nitrogens with one attached hydrogen (secondary N) is 1. The van der Waals surface area contributed by atoms with Crippen molar-refractivity contribution in [3.05, 3.63) is 41.0 Å². The van der Waals surface area contributed by atoms with Crippen molar-refractivity contribution in [1.82, 2.24) is 14.5 Å². The number of fused-ring (bicyclic) bond motifs is 1. The van der Waals surface area contributed by atoms with Gasteiger partial charge in [0.2, 0.25) is 0 Å². The van der Waals surface area contributed by atoms with Gasteiger partial charge in [0.15, 0.2) is 5.82 Å². The number of aryl methyl sites for hydroxylation is 1. The Labute approximate surface area is 114 Å². The molecule has 0 bridgehead atoms. The number of hydrogen-bond acceptors (Lipinski definition) is 5. The van der Waals surface area contributed by atoms with Crippen LogP contribution in [0, 0.1) is 0 Å². The molecule has 6 heteroatoms. The predicted molar refractivity (Wildman–Crippen MR) is 76.3 cm³/mol. The van der Waals surface area contributed by atoms with E-state index in [1.54, 1.807) is 23.9 Å². The topological polar surface area (TPSA) is 63.0 Å². The molecule has 0 aliphatic rings. The van der Waals surface area contributed by atoms with Gasteiger partial charge in [-0.05, 0) is 28.5 Å². The van der Waals surface area contributed by atoms with Gasteiger partial charge >= 0.3 is 0 Å². The second-order valence-corrected chi connectivity index (χ2v) is 5.12. The Morgan fingerprint density at radius 2 is 2.32 bits per heavy atom. The fourth-order valence-electron chi connectivity index (χ4n) is 1.97. The molecule has 0 amide bonds. The molecule has 3 aromatic rings. The Morgan fingerprint density at radius 3 is 3.11 bits per heavy atom. The van der Waals surface area contributed by atoms with Crippen molar-refractivity contribution in [2.75, 3.05) is 11.9 Å². The van der Waals surface area contributed by atoms with Gasteiger partial charge in [-0.1, -0.05) is 0 Å². The molecular formula is C13H14N4OS. The van der Waals surface area contributed by atoms with Crippen LogP contribution >= 0.6 is 11.3 Å². The Bertz CT molecular complexity index is 677. The predicted octanol–water partition coefficient (Wildman–Crippen LogP) is 2.18. The molecule has 3 aromatic heterocycles. The first kappa shape index (κ1) is 12.1. The molecular weight excluding hydrogens is 260 g/mol. The zero-order chi connectivity index (χ0) is 13.2. The van der Waals surface area contributed by atoms with E-state index in [9.17, 15) is 5.11 Å². The molecule has 0 spiro atoms. The van der Waals surface area contributed by atoms with E-state index in [0.717, 1.165) is 16.6 Å². The smallest absolute Gasteiger partial charge is 0.154 e. The number of thiophene rings is 1. The van der Waals surface area contributed by atoms with E-state index in [2.05, 4.69) is 15.3 Å². The molecule has 3 heterocycles. The van der Waals surface area contributed by atoms with Gasteiger partial charge < -0.3 is 15.0 Å². The van der Waals surface area contributed by atoms with E-state index in [1.165, 1.54) is 0 Å². The molecule has 0 saturated heterocycles. The zero-order valence-corrected chi connectivity index (χ0v) is 11.3. The molecule has 1 atom stereocenters. The van der Waals surface area contributed by atoms with Crippen LogP contribution < -0.4 is 5.32 Å². The molecule has 19 heavy (non-hydrogen) atoms. The van der Waals surface area contributed by atoms with Crippen LogP contribution in [-0.4, -0.2) is 26.2 Å². The molecule has 1 unspecified atom stereocenters. The lowest BCUT2D eigenvalue weighted by Gasteiger charge is -2.11. The third kappa shape index (κ3) is 2.32. The van der Waals surface area contributed by atoms with Crippen molar-refractivity contribution >= 4 is 28.2 Å². The fraction of sp³-hybridized carbons (Fsp3) is 0.231. The molecule has 0 aliphatic carbocycles. The van der Waals surface area contributed by atoms with Gasteiger partial charge in [-0.25, -0.2) is 9.97 Å². The lowest BCUT2D eigenvalue weighted by atomic mass is 10.2. The highest BCUT2D eigenvalue weighted by atomic mass is 32.1. The fourth-order valence-corrected chi connectivity index (χ4v) is 2.67. The summed E-state index contributed by atoms with van der Waals surface area (Å²) in [7, 11) is 1.94. The first-order chi connectivity index (χ1) is 9.25. The van der Waals surface area contributed by atoms with Crippen LogP contribution in [0.2, 0.25) is 0 Å². The monoisotopic (exact) mass is 274 g/mol. The highest BCUT2D eigenvalue weighted by Gasteiger charge is 2.10. The molecule has 98 valence electrons. The Hall–Kier alpha value is -1.92. The van der Waals surface area contributed by atoms with E-state index in [0.29, 0.717) is 12.4 Å². The quantitative estimate of drug-likeness (QED) is 0.765. The minimum absolute atomic E-state index is 0.416. The van der Waals surface area contributed by atoms with Crippen molar-refractivity contribution in [1.29, 1.82) is 0 Å². The SMILES string of the molecule is Cn1cnc2c(NCC(O)c3ccsc3)nccc21. The van der Waals surface area contributed by atoms with Crippen molar-refractivity contribution in [3.63, 3.8) is 0 Å². The molecule has 0 aliphatic heterocycles. The Balaban J connectivity index is 1.79. The summed E-state index contributed by atoms with van der Waals surface area (Å²) in [5.41, 5.74) is 2.76. The highest BCUT2D eigenvalue weighted by Crippen LogP contribution is 2.21. The Kier molecular flexibility index (Phi) is 3.18. The molecule has 0 saturated carbocycles. The molecule has 3 rings (SSSR count). The summed E-state index contributed by atoms with van der Waals surface area (Å²) < 4.78 is 1.94. The van der Waals surface area contributed by atoms with Crippen LogP contribution in [0.5, 0.6) is 0 Å². The first-order valence-electron chi connectivity index (χ1n) is 5.96. The van der Waals surface area contributed by atoms with Crippen LogP contribution in [0.4, 0.5) is 5.82 Å². The van der Waals surface area contributed by atoms with Crippen molar-refractivity contribution in [3.8, 4) is 0 Å². The standard InChI is InChI=1S/C13H14N4OS/c1-17-8-16-12-10(17)2-4-14-13(12)15-6-11(18)9-3-5-19-7-9/h2-5,7-8,11,18H,6H2,1H3,(H,14,15). The van der Waals surface area contributed by atoms with E-state index in [1.807, 2.05) is 34.5 Å². The van der Waals surface area contributed by atoms with Gasteiger partial charge in [-0.15, -0.1) is 0 Å². The summed E-state index contributed by atoms with van der Waals surface area (Å²) in [6.07, 6.45) is 2.96. The number of aromatic nitrogens is 3. The minimum atomic E-state index is -0.535. The van der Waals surface area contributed by atoms with Gasteiger partial charge in [-0.2, -0.15) is 11.3 Å². The third-order valence-electron chi connectivity index (χ3n) is 3.03. The molecule has 0 fully saturated rings. The van der Waals surface area contributed by atoms with Gasteiger partial charge in [0.25, 0.3) is 0 Å². The average molecular weight is 274 g/mol. The normalized spacial score (nSPS) is 12.7. The molecule has 5 nitrogen and oxygen atoms in total. The number of hydrogen-bond donors (Lipinski definition) is 2. The molecule has 2 N–H and O–H groups in total. The number of rotatable bonds is 4. The van der Waals surface area contributed by atoms with Gasteiger partial charge in [-0.3, -0.25) is 0 Å². The van der Waals surface area contributed by atoms with E-state index >= 15 is 0 Å². The summed E-state index contributed by atoms with van der Waals surface area (Å²) in [6.45, 7) is 0.416. The van der Waals surface area contributed by atoms with E-state index < -0.39 is 6.10 Å². The lowest BCUT2D eigenvalue weighted by molar-refractivity contribution is 0.192. The number of imidazole rings is 1. The highest BCUT2D eigenvalue weighted by molar-refractivity contribution is 7.07. The maximum atomic E-state index is 10.0. The summed E-state index contributed by atoms with van der Waals surface area (Å²) in [4.78, 5) is 8.60. The van der Waals surface area contributed by atoms with Crippen LogP contribution in [0.15, 0.2) is 35.4 Å². The van der Waals surface area contributed by atoms with Gasteiger partial charge in [0.1, 0.15) is 5.52 Å². The number of aliphatic hydroxyl groups excluding tert-OH is 1. The average Bonchev–Trinajstić information content (AvgIpc) is 3.07. The lowest BCUT2D eigenvalue weighted by Crippen LogP contribution is -2.12. The first-order valence-corrected chi connectivity index (χ1v) is 6.90. The zero-order valence-electron chi connectivity index (χ0n) is 10.4. The van der Waals surface area contributed by atoms with Crippen molar-refractivity contribution in [2.45, 2.75) is 6.10 Å². The maximum Gasteiger partial charge on any atom is 0.154 e. The summed E-state index contributed by atoms with van der Waals surface area (Å²) >= 11 is 1.58. The van der Waals surface area contributed by atoms with Crippen LogP contribution in [-0.2, 0) is 7.05 Å². The molecule has 0 aromatic carbocycles. The Morgan fingerprint density at radius 1 is 1.42 bits per heavy atom. The van der Waals surface area contributed by atoms with Gasteiger partial charge in [0, 0.05) is 19.8 Å².